The summed E-state index contributed by atoms with van der Waals surface area (Å²) in [6.45, 7) is 0. The van der Waals surface area contributed by atoms with Crippen LogP contribution in [0.25, 0.3) is 11.1 Å². The molecule has 0 bridgehead atoms. The smallest absolute Gasteiger partial charge is 0.116 e. The predicted molar refractivity (Wildman–Crippen MR) is 119 cm³/mol. The van der Waals surface area contributed by atoms with Crippen LogP contribution in [-0.2, 0) is 0 Å². The van der Waals surface area contributed by atoms with Crippen molar-refractivity contribution >= 4 is 43.6 Å². The molecule has 0 fully saturated rings. The van der Waals surface area contributed by atoms with Crippen molar-refractivity contribution in [1.29, 1.82) is 0 Å². The summed E-state index contributed by atoms with van der Waals surface area (Å²) in [7, 11) is 0. The van der Waals surface area contributed by atoms with E-state index in [9.17, 15) is 10.2 Å². The number of fused-ring (bicyclic) bond motifs is 3. The quantitative estimate of drug-likeness (QED) is 0.385. The second-order valence-corrected chi connectivity index (χ2v) is 9.64. The van der Waals surface area contributed by atoms with Gasteiger partial charge in [0.1, 0.15) is 5.75 Å². The Balaban J connectivity index is 1.55. The highest BCUT2D eigenvalue weighted by Gasteiger charge is 2.30. The van der Waals surface area contributed by atoms with E-state index >= 15 is 0 Å². The van der Waals surface area contributed by atoms with Crippen LogP contribution >= 0.6 is 43.6 Å². The molecule has 1 aliphatic rings. The molecular weight excluding hydrogens is 488 g/mol. The number of hydrogen-bond acceptors (Lipinski definition) is 3. The van der Waals surface area contributed by atoms with Crippen LogP contribution < -0.4 is 0 Å². The van der Waals surface area contributed by atoms with Crippen molar-refractivity contribution in [2.75, 3.05) is 5.75 Å². The van der Waals surface area contributed by atoms with Gasteiger partial charge in [0.25, 0.3) is 0 Å². The fourth-order valence-electron chi connectivity index (χ4n) is 3.66. The fourth-order valence-corrected chi connectivity index (χ4v) is 5.28. The van der Waals surface area contributed by atoms with Gasteiger partial charge in [-0.15, -0.1) is 11.8 Å². The standard InChI is InChI=1S/C22H18Br2O2S/c23-13-4-6-18-20(8-13)21-9-14(24)5-7-19(21)22(18)11-16(26)12-27-17-3-1-2-15(25)10-17/h1-10,16,22,25-26H,11-12H2. The first-order chi connectivity index (χ1) is 13.0. The van der Waals surface area contributed by atoms with Crippen molar-refractivity contribution in [1.82, 2.24) is 0 Å². The number of halogens is 2. The van der Waals surface area contributed by atoms with Crippen LogP contribution in [0.3, 0.4) is 0 Å². The van der Waals surface area contributed by atoms with Crippen LogP contribution in [0.1, 0.15) is 23.5 Å². The highest BCUT2D eigenvalue weighted by Crippen LogP contribution is 2.48. The summed E-state index contributed by atoms with van der Waals surface area (Å²) in [4.78, 5) is 0.967. The van der Waals surface area contributed by atoms with E-state index in [0.717, 1.165) is 13.8 Å². The summed E-state index contributed by atoms with van der Waals surface area (Å²) in [6.07, 6.45) is 0.239. The number of phenols is 1. The molecule has 3 aromatic carbocycles. The second-order valence-electron chi connectivity index (χ2n) is 6.71. The van der Waals surface area contributed by atoms with Crippen LogP contribution in [0.4, 0.5) is 0 Å². The highest BCUT2D eigenvalue weighted by molar-refractivity contribution is 9.10. The molecule has 0 radical (unpaired) electrons. The maximum Gasteiger partial charge on any atom is 0.116 e. The van der Waals surface area contributed by atoms with Gasteiger partial charge in [-0.3, -0.25) is 0 Å². The third kappa shape index (κ3) is 4.11. The van der Waals surface area contributed by atoms with Crippen molar-refractivity contribution in [3.63, 3.8) is 0 Å². The Hall–Kier alpha value is -1.27. The average Bonchev–Trinajstić information content (AvgIpc) is 2.92. The Labute approximate surface area is 179 Å². The number of thioether (sulfide) groups is 1. The van der Waals surface area contributed by atoms with E-state index in [2.05, 4.69) is 68.3 Å². The molecule has 0 heterocycles. The zero-order valence-corrected chi connectivity index (χ0v) is 18.4. The van der Waals surface area contributed by atoms with Gasteiger partial charge < -0.3 is 10.2 Å². The molecule has 27 heavy (non-hydrogen) atoms. The lowest BCUT2D eigenvalue weighted by atomic mass is 9.91. The molecule has 0 aromatic heterocycles. The van der Waals surface area contributed by atoms with E-state index in [1.807, 2.05) is 12.1 Å². The summed E-state index contributed by atoms with van der Waals surface area (Å²) < 4.78 is 2.13. The van der Waals surface area contributed by atoms with Gasteiger partial charge in [-0.05, 0) is 71.1 Å². The second kappa shape index (κ2) is 8.00. The first-order valence-corrected chi connectivity index (χ1v) is 11.3. The molecular formula is C22H18Br2O2S. The average molecular weight is 506 g/mol. The number of hydrogen-bond donors (Lipinski definition) is 2. The van der Waals surface area contributed by atoms with Crippen LogP contribution in [0, 0.1) is 0 Å². The number of aliphatic hydroxyl groups is 1. The molecule has 3 aromatic rings. The lowest BCUT2D eigenvalue weighted by Crippen LogP contribution is -2.14. The van der Waals surface area contributed by atoms with E-state index in [4.69, 9.17) is 0 Å². The zero-order chi connectivity index (χ0) is 19.0. The van der Waals surface area contributed by atoms with Gasteiger partial charge in [-0.2, -0.15) is 0 Å². The summed E-state index contributed by atoms with van der Waals surface area (Å²) in [6, 6.07) is 19.9. The minimum absolute atomic E-state index is 0.191. The molecule has 2 nitrogen and oxygen atoms in total. The van der Waals surface area contributed by atoms with Crippen molar-refractivity contribution in [2.45, 2.75) is 23.3 Å². The summed E-state index contributed by atoms with van der Waals surface area (Å²) >= 11 is 8.72. The molecule has 0 saturated carbocycles. The molecule has 0 aliphatic heterocycles. The lowest BCUT2D eigenvalue weighted by molar-refractivity contribution is 0.184. The van der Waals surface area contributed by atoms with E-state index in [1.165, 1.54) is 22.3 Å². The Morgan fingerprint density at radius 2 is 1.52 bits per heavy atom. The maximum absolute atomic E-state index is 10.7. The van der Waals surface area contributed by atoms with Gasteiger partial charge in [-0.1, -0.05) is 50.1 Å². The first-order valence-electron chi connectivity index (χ1n) is 8.70. The molecule has 0 spiro atoms. The van der Waals surface area contributed by atoms with E-state index < -0.39 is 6.10 Å². The van der Waals surface area contributed by atoms with Crippen LogP contribution in [-0.4, -0.2) is 22.1 Å². The van der Waals surface area contributed by atoms with Crippen molar-refractivity contribution in [3.8, 4) is 16.9 Å². The van der Waals surface area contributed by atoms with Gasteiger partial charge in [0.15, 0.2) is 0 Å². The van der Waals surface area contributed by atoms with Crippen molar-refractivity contribution in [3.05, 3.63) is 80.7 Å². The molecule has 0 saturated heterocycles. The fraction of sp³-hybridized carbons (Fsp3) is 0.182. The van der Waals surface area contributed by atoms with Gasteiger partial charge in [0.05, 0.1) is 6.10 Å². The number of phenolic OH excluding ortho intramolecular Hbond substituents is 1. The molecule has 1 unspecified atom stereocenters. The minimum atomic E-state index is -0.437. The monoisotopic (exact) mass is 504 g/mol. The number of aliphatic hydroxyl groups excluding tert-OH is 1. The highest BCUT2D eigenvalue weighted by atomic mass is 79.9. The Morgan fingerprint density at radius 3 is 2.11 bits per heavy atom. The Morgan fingerprint density at radius 1 is 0.889 bits per heavy atom. The SMILES string of the molecule is Oc1cccc(SCC(O)CC2c3ccc(Br)cc3-c3cc(Br)ccc32)c1. The minimum Gasteiger partial charge on any atom is -0.508 e. The summed E-state index contributed by atoms with van der Waals surface area (Å²) in [5.74, 6) is 1.04. The Kier molecular flexibility index (Phi) is 5.65. The maximum atomic E-state index is 10.7. The Bertz CT molecular complexity index is 938. The van der Waals surface area contributed by atoms with Gasteiger partial charge >= 0.3 is 0 Å². The predicted octanol–water partition coefficient (Wildman–Crippen LogP) is 6.57. The third-order valence-electron chi connectivity index (χ3n) is 4.84. The number of aromatic hydroxyl groups is 1. The van der Waals surface area contributed by atoms with E-state index in [0.29, 0.717) is 12.2 Å². The van der Waals surface area contributed by atoms with E-state index in [-0.39, 0.29) is 11.7 Å². The molecule has 0 amide bonds. The molecule has 2 N–H and O–H groups in total. The van der Waals surface area contributed by atoms with Gasteiger partial charge in [0.2, 0.25) is 0 Å². The van der Waals surface area contributed by atoms with Crippen LogP contribution in [0.5, 0.6) is 5.75 Å². The molecule has 138 valence electrons. The molecule has 5 heteroatoms. The molecule has 4 rings (SSSR count). The first kappa shape index (κ1) is 19.1. The third-order valence-corrected chi connectivity index (χ3v) is 6.96. The largest absolute Gasteiger partial charge is 0.508 e. The summed E-state index contributed by atoms with van der Waals surface area (Å²) in [5, 5.41) is 20.3. The number of rotatable bonds is 5. The topological polar surface area (TPSA) is 40.5 Å². The van der Waals surface area contributed by atoms with Crippen LogP contribution in [0.2, 0.25) is 0 Å². The molecule has 1 aliphatic carbocycles. The number of benzene rings is 3. The molecule has 1 atom stereocenters. The van der Waals surface area contributed by atoms with Crippen molar-refractivity contribution in [2.24, 2.45) is 0 Å². The normalized spacial score (nSPS) is 14.0. The summed E-state index contributed by atoms with van der Waals surface area (Å²) in [5.41, 5.74) is 5.01. The lowest BCUT2D eigenvalue weighted by Gasteiger charge is -2.18. The van der Waals surface area contributed by atoms with Crippen LogP contribution in [0.15, 0.2) is 74.5 Å². The van der Waals surface area contributed by atoms with Gasteiger partial charge in [0, 0.05) is 25.5 Å². The zero-order valence-electron chi connectivity index (χ0n) is 14.4. The van der Waals surface area contributed by atoms with Gasteiger partial charge in [-0.25, -0.2) is 0 Å². The van der Waals surface area contributed by atoms with Crippen molar-refractivity contribution < 1.29 is 10.2 Å². The van der Waals surface area contributed by atoms with E-state index in [1.54, 1.807) is 23.9 Å².